The number of aromatic nitrogens is 1. The molecule has 2 rings (SSSR count). The summed E-state index contributed by atoms with van der Waals surface area (Å²) in [5.41, 5.74) is 5.72. The van der Waals surface area contributed by atoms with E-state index >= 15 is 0 Å². The van der Waals surface area contributed by atoms with Crippen molar-refractivity contribution in [2.75, 3.05) is 18.1 Å². The standard InChI is InChI=1S/C12H19N3O2S/c1-18(16,17)10-5-6-12(14-8-10)15-11-4-2-3-9(11)7-13/h5-6,8-9,11H,2-4,7,13H2,1H3,(H,14,15). The summed E-state index contributed by atoms with van der Waals surface area (Å²) in [7, 11) is -3.17. The van der Waals surface area contributed by atoms with Gasteiger partial charge in [-0.3, -0.25) is 0 Å². The number of nitrogens with zero attached hydrogens (tertiary/aromatic N) is 1. The van der Waals surface area contributed by atoms with Crippen LogP contribution in [-0.2, 0) is 9.84 Å². The van der Waals surface area contributed by atoms with Crippen LogP contribution in [0.3, 0.4) is 0 Å². The molecule has 0 bridgehead atoms. The van der Waals surface area contributed by atoms with E-state index in [0.717, 1.165) is 12.8 Å². The molecule has 5 nitrogen and oxygen atoms in total. The summed E-state index contributed by atoms with van der Waals surface area (Å²) in [6.07, 6.45) is 6.00. The molecule has 0 amide bonds. The Morgan fingerprint density at radius 3 is 2.78 bits per heavy atom. The summed E-state index contributed by atoms with van der Waals surface area (Å²) >= 11 is 0. The summed E-state index contributed by atoms with van der Waals surface area (Å²) in [6, 6.07) is 3.64. The highest BCUT2D eigenvalue weighted by molar-refractivity contribution is 7.90. The van der Waals surface area contributed by atoms with E-state index in [1.807, 2.05) is 0 Å². The molecule has 1 saturated carbocycles. The molecule has 18 heavy (non-hydrogen) atoms. The monoisotopic (exact) mass is 269 g/mol. The van der Waals surface area contributed by atoms with Crippen molar-refractivity contribution in [2.45, 2.75) is 30.2 Å². The van der Waals surface area contributed by atoms with Gasteiger partial charge in [-0.1, -0.05) is 6.42 Å². The van der Waals surface area contributed by atoms with E-state index in [0.29, 0.717) is 24.3 Å². The van der Waals surface area contributed by atoms with Crippen molar-refractivity contribution in [3.05, 3.63) is 18.3 Å². The summed E-state index contributed by atoms with van der Waals surface area (Å²) in [5.74, 6) is 1.20. The number of hydrogen-bond acceptors (Lipinski definition) is 5. The molecule has 1 fully saturated rings. The van der Waals surface area contributed by atoms with E-state index in [1.165, 1.54) is 18.9 Å². The quantitative estimate of drug-likeness (QED) is 0.852. The van der Waals surface area contributed by atoms with Crippen molar-refractivity contribution in [3.63, 3.8) is 0 Å². The molecule has 1 aliphatic carbocycles. The molecule has 0 aromatic carbocycles. The highest BCUT2D eigenvalue weighted by Gasteiger charge is 2.26. The molecule has 2 unspecified atom stereocenters. The maximum absolute atomic E-state index is 11.3. The van der Waals surface area contributed by atoms with Crippen LogP contribution in [0.1, 0.15) is 19.3 Å². The van der Waals surface area contributed by atoms with Gasteiger partial charge in [-0.25, -0.2) is 13.4 Å². The molecule has 3 N–H and O–H groups in total. The number of rotatable bonds is 4. The van der Waals surface area contributed by atoms with Gasteiger partial charge >= 0.3 is 0 Å². The number of anilines is 1. The average Bonchev–Trinajstić information content (AvgIpc) is 2.76. The third kappa shape index (κ3) is 3.00. The first kappa shape index (κ1) is 13.3. The van der Waals surface area contributed by atoms with Gasteiger partial charge in [0.25, 0.3) is 0 Å². The molecule has 1 aliphatic rings. The molecule has 6 heteroatoms. The fourth-order valence-corrected chi connectivity index (χ4v) is 2.94. The topological polar surface area (TPSA) is 85.1 Å². The second-order valence-electron chi connectivity index (χ2n) is 4.83. The lowest BCUT2D eigenvalue weighted by Gasteiger charge is -2.19. The van der Waals surface area contributed by atoms with E-state index in [2.05, 4.69) is 10.3 Å². The number of nitrogens with two attached hydrogens (primary N) is 1. The van der Waals surface area contributed by atoms with Crippen LogP contribution in [0.5, 0.6) is 0 Å². The van der Waals surface area contributed by atoms with Crippen LogP contribution in [0.25, 0.3) is 0 Å². The van der Waals surface area contributed by atoms with Crippen LogP contribution >= 0.6 is 0 Å². The molecule has 1 aromatic rings. The first-order valence-corrected chi connectivity index (χ1v) is 8.02. The predicted octanol–water partition coefficient (Wildman–Crippen LogP) is 1.02. The molecule has 100 valence electrons. The highest BCUT2D eigenvalue weighted by Crippen LogP contribution is 2.27. The van der Waals surface area contributed by atoms with Gasteiger partial charge in [0.05, 0.1) is 4.90 Å². The van der Waals surface area contributed by atoms with E-state index < -0.39 is 9.84 Å². The summed E-state index contributed by atoms with van der Waals surface area (Å²) < 4.78 is 22.6. The van der Waals surface area contributed by atoms with Crippen LogP contribution in [0, 0.1) is 5.92 Å². The summed E-state index contributed by atoms with van der Waals surface area (Å²) in [6.45, 7) is 0.680. The second-order valence-corrected chi connectivity index (χ2v) is 6.84. The Bertz CT molecular complexity index is 499. The van der Waals surface area contributed by atoms with Crippen molar-refractivity contribution in [2.24, 2.45) is 11.7 Å². The molecule has 0 radical (unpaired) electrons. The van der Waals surface area contributed by atoms with E-state index in [-0.39, 0.29) is 4.90 Å². The van der Waals surface area contributed by atoms with Crippen molar-refractivity contribution >= 4 is 15.7 Å². The Kier molecular flexibility index (Phi) is 3.87. The molecular formula is C12H19N3O2S. The zero-order valence-corrected chi connectivity index (χ0v) is 11.3. The van der Waals surface area contributed by atoms with E-state index in [1.54, 1.807) is 12.1 Å². The van der Waals surface area contributed by atoms with Crippen molar-refractivity contribution in [1.82, 2.24) is 4.98 Å². The van der Waals surface area contributed by atoms with Crippen LogP contribution < -0.4 is 11.1 Å². The highest BCUT2D eigenvalue weighted by atomic mass is 32.2. The molecule has 1 heterocycles. The van der Waals surface area contributed by atoms with Gasteiger partial charge in [-0.15, -0.1) is 0 Å². The molecule has 2 atom stereocenters. The van der Waals surface area contributed by atoms with Crippen molar-refractivity contribution < 1.29 is 8.42 Å². The minimum atomic E-state index is -3.17. The zero-order chi connectivity index (χ0) is 13.2. The maximum Gasteiger partial charge on any atom is 0.177 e. The molecular weight excluding hydrogens is 250 g/mol. The summed E-state index contributed by atoms with van der Waals surface area (Å²) in [4.78, 5) is 4.39. The average molecular weight is 269 g/mol. The number of nitrogens with one attached hydrogen (secondary N) is 1. The third-order valence-corrected chi connectivity index (χ3v) is 4.56. The van der Waals surface area contributed by atoms with Gasteiger partial charge < -0.3 is 11.1 Å². The predicted molar refractivity (Wildman–Crippen MR) is 71.2 cm³/mol. The van der Waals surface area contributed by atoms with E-state index in [9.17, 15) is 8.42 Å². The number of pyridine rings is 1. The third-order valence-electron chi connectivity index (χ3n) is 3.46. The lowest BCUT2D eigenvalue weighted by Crippen LogP contribution is -2.29. The minimum Gasteiger partial charge on any atom is -0.367 e. The molecule has 0 saturated heterocycles. The van der Waals surface area contributed by atoms with Crippen LogP contribution in [0.4, 0.5) is 5.82 Å². The first-order valence-electron chi connectivity index (χ1n) is 6.13. The lowest BCUT2D eigenvalue weighted by atomic mass is 10.0. The normalized spacial score (nSPS) is 24.1. The minimum absolute atomic E-state index is 0.245. The first-order chi connectivity index (χ1) is 8.50. The number of sulfone groups is 1. The van der Waals surface area contributed by atoms with Gasteiger partial charge in [0.2, 0.25) is 0 Å². The summed E-state index contributed by atoms with van der Waals surface area (Å²) in [5, 5.41) is 3.33. The van der Waals surface area contributed by atoms with E-state index in [4.69, 9.17) is 5.73 Å². The van der Waals surface area contributed by atoms with Crippen LogP contribution in [0.15, 0.2) is 23.2 Å². The van der Waals surface area contributed by atoms with Gasteiger partial charge in [-0.05, 0) is 37.4 Å². The molecule has 0 spiro atoms. The van der Waals surface area contributed by atoms with Crippen LogP contribution in [0.2, 0.25) is 0 Å². The number of hydrogen-bond donors (Lipinski definition) is 2. The lowest BCUT2D eigenvalue weighted by molar-refractivity contribution is 0.515. The van der Waals surface area contributed by atoms with Gasteiger partial charge in [-0.2, -0.15) is 0 Å². The Morgan fingerprint density at radius 1 is 1.44 bits per heavy atom. The van der Waals surface area contributed by atoms with Crippen molar-refractivity contribution in [1.29, 1.82) is 0 Å². The van der Waals surface area contributed by atoms with Crippen LogP contribution in [-0.4, -0.2) is 32.2 Å². The second kappa shape index (κ2) is 5.24. The molecule has 0 aliphatic heterocycles. The van der Waals surface area contributed by atoms with Gasteiger partial charge in [0.1, 0.15) is 5.82 Å². The molecule has 1 aromatic heterocycles. The Labute approximate surface area is 108 Å². The Morgan fingerprint density at radius 2 is 2.22 bits per heavy atom. The maximum atomic E-state index is 11.3. The fourth-order valence-electron chi connectivity index (χ4n) is 2.38. The van der Waals surface area contributed by atoms with Gasteiger partial charge in [0, 0.05) is 18.5 Å². The van der Waals surface area contributed by atoms with Crippen molar-refractivity contribution in [3.8, 4) is 0 Å². The zero-order valence-electron chi connectivity index (χ0n) is 10.5. The SMILES string of the molecule is CS(=O)(=O)c1ccc(NC2CCCC2CN)nc1. The Hall–Kier alpha value is -1.14. The fraction of sp³-hybridized carbons (Fsp3) is 0.583. The largest absolute Gasteiger partial charge is 0.367 e. The smallest absolute Gasteiger partial charge is 0.177 e. The van der Waals surface area contributed by atoms with Gasteiger partial charge in [0.15, 0.2) is 9.84 Å². The Balaban J connectivity index is 2.07.